The first-order valence-electron chi connectivity index (χ1n) is 8.19. The van der Waals surface area contributed by atoms with E-state index < -0.39 is 15.9 Å². The highest BCUT2D eigenvalue weighted by Gasteiger charge is 2.45. The molecule has 1 N–H and O–H groups in total. The first kappa shape index (κ1) is 17.8. The smallest absolute Gasteiger partial charge is 0.244 e. The van der Waals surface area contributed by atoms with E-state index in [9.17, 15) is 13.2 Å². The Hall–Kier alpha value is -1.60. The number of carbonyl (C=O) groups excluding carboxylic acids is 1. The molecule has 0 bridgehead atoms. The van der Waals surface area contributed by atoms with Crippen LogP contribution in [0.5, 0.6) is 0 Å². The minimum Gasteiger partial charge on any atom is -0.352 e. The summed E-state index contributed by atoms with van der Waals surface area (Å²) in [5.74, 6) is -0.728. The third-order valence-electron chi connectivity index (χ3n) is 5.06. The fourth-order valence-electron chi connectivity index (χ4n) is 3.74. The van der Waals surface area contributed by atoms with Crippen molar-refractivity contribution in [3.8, 4) is 0 Å². The Bertz CT molecular complexity index is 994. The molecule has 2 atom stereocenters. The minimum atomic E-state index is -3.85. The van der Waals surface area contributed by atoms with Crippen LogP contribution in [0.2, 0.25) is 10.0 Å². The van der Waals surface area contributed by atoms with Gasteiger partial charge in [-0.15, -0.1) is 0 Å². The van der Waals surface area contributed by atoms with Crippen LogP contribution in [0.4, 0.5) is 0 Å². The second-order valence-corrected chi connectivity index (χ2v) is 9.20. The number of nitrogens with one attached hydrogen (secondary N) is 1. The van der Waals surface area contributed by atoms with E-state index in [1.54, 1.807) is 12.1 Å². The molecule has 8 heteroatoms. The van der Waals surface area contributed by atoms with Crippen molar-refractivity contribution in [1.29, 1.82) is 0 Å². The van der Waals surface area contributed by atoms with Crippen molar-refractivity contribution in [3.63, 3.8) is 0 Å². The molecule has 2 aromatic rings. The Morgan fingerprint density at radius 1 is 1.00 bits per heavy atom. The quantitative estimate of drug-likeness (QED) is 0.826. The lowest BCUT2D eigenvalue weighted by atomic mass is 9.87. The number of carbonyl (C=O) groups is 1. The Labute approximate surface area is 162 Å². The van der Waals surface area contributed by atoms with Gasteiger partial charge >= 0.3 is 0 Å². The van der Waals surface area contributed by atoms with Crippen LogP contribution >= 0.6 is 23.2 Å². The third kappa shape index (κ3) is 2.81. The van der Waals surface area contributed by atoms with Gasteiger partial charge in [-0.3, -0.25) is 4.79 Å². The van der Waals surface area contributed by atoms with E-state index in [4.69, 9.17) is 23.2 Å². The Balaban J connectivity index is 1.74. The number of sulfonamides is 1. The van der Waals surface area contributed by atoms with Gasteiger partial charge in [-0.2, -0.15) is 4.31 Å². The number of hydrogen-bond acceptors (Lipinski definition) is 3. The molecule has 1 fully saturated rings. The van der Waals surface area contributed by atoms with E-state index in [0.29, 0.717) is 6.54 Å². The van der Waals surface area contributed by atoms with Gasteiger partial charge in [-0.1, -0.05) is 53.5 Å². The molecule has 4 rings (SSSR count). The normalized spacial score (nSPS) is 23.1. The molecule has 0 aliphatic carbocycles. The van der Waals surface area contributed by atoms with Crippen molar-refractivity contribution in [1.82, 2.24) is 9.62 Å². The number of benzene rings is 2. The predicted octanol–water partition coefficient (Wildman–Crippen LogP) is 3.03. The van der Waals surface area contributed by atoms with E-state index in [1.165, 1.54) is 10.4 Å². The maximum Gasteiger partial charge on any atom is 0.244 e. The van der Waals surface area contributed by atoms with E-state index in [-0.39, 0.29) is 39.9 Å². The second kappa shape index (κ2) is 6.53. The van der Waals surface area contributed by atoms with Crippen molar-refractivity contribution in [2.75, 3.05) is 13.1 Å². The van der Waals surface area contributed by atoms with Crippen LogP contribution in [-0.4, -0.2) is 31.7 Å². The Morgan fingerprint density at radius 2 is 1.73 bits per heavy atom. The number of rotatable bonds is 2. The van der Waals surface area contributed by atoms with Crippen molar-refractivity contribution in [2.45, 2.75) is 17.4 Å². The highest BCUT2D eigenvalue weighted by Crippen LogP contribution is 2.40. The van der Waals surface area contributed by atoms with Crippen molar-refractivity contribution in [3.05, 3.63) is 63.6 Å². The summed E-state index contributed by atoms with van der Waals surface area (Å²) in [4.78, 5) is 12.5. The first-order chi connectivity index (χ1) is 12.4. The molecule has 0 radical (unpaired) electrons. The number of amides is 1. The molecule has 2 heterocycles. The molecule has 1 amide bonds. The molecule has 2 aliphatic rings. The largest absolute Gasteiger partial charge is 0.352 e. The molecule has 0 saturated carbocycles. The monoisotopic (exact) mass is 410 g/mol. The standard InChI is InChI=1S/C18H16Cl2N2O3S/c19-15-6-3-7-16(17(15)20)26(24,25)22-9-13-12-5-2-1-4-11(12)8-21-18(23)14(13)10-22/h1-7,13-14H,8-10H2,(H,21,23)/t13-,14+/m0/s1. The maximum atomic E-state index is 13.1. The highest BCUT2D eigenvalue weighted by atomic mass is 35.5. The van der Waals surface area contributed by atoms with Gasteiger partial charge < -0.3 is 5.32 Å². The topological polar surface area (TPSA) is 66.5 Å². The fraction of sp³-hybridized carbons (Fsp3) is 0.278. The SMILES string of the molecule is O=C1NCc2ccccc2[C@@H]2CN(S(=O)(=O)c3cccc(Cl)c3Cl)C[C@@H]12. The number of nitrogens with zero attached hydrogens (tertiary/aromatic N) is 1. The summed E-state index contributed by atoms with van der Waals surface area (Å²) in [5.41, 5.74) is 2.04. The predicted molar refractivity (Wildman–Crippen MR) is 99.7 cm³/mol. The number of hydrogen-bond donors (Lipinski definition) is 1. The van der Waals surface area contributed by atoms with Crippen molar-refractivity contribution < 1.29 is 13.2 Å². The third-order valence-corrected chi connectivity index (χ3v) is 7.87. The van der Waals surface area contributed by atoms with Gasteiger partial charge in [0.25, 0.3) is 0 Å². The second-order valence-electron chi connectivity index (χ2n) is 6.50. The zero-order valence-corrected chi connectivity index (χ0v) is 16.0. The lowest BCUT2D eigenvalue weighted by Gasteiger charge is -2.18. The highest BCUT2D eigenvalue weighted by molar-refractivity contribution is 7.89. The van der Waals surface area contributed by atoms with E-state index in [0.717, 1.165) is 11.1 Å². The van der Waals surface area contributed by atoms with Crippen LogP contribution in [-0.2, 0) is 21.4 Å². The van der Waals surface area contributed by atoms with E-state index in [1.807, 2.05) is 24.3 Å². The van der Waals surface area contributed by atoms with Gasteiger partial charge in [-0.05, 0) is 23.3 Å². The number of fused-ring (bicyclic) bond motifs is 3. The molecular weight excluding hydrogens is 395 g/mol. The molecule has 5 nitrogen and oxygen atoms in total. The summed E-state index contributed by atoms with van der Waals surface area (Å²) in [6, 6.07) is 12.3. The van der Waals surface area contributed by atoms with Crippen LogP contribution in [0, 0.1) is 5.92 Å². The molecule has 2 aliphatic heterocycles. The molecule has 0 spiro atoms. The number of halogens is 2. The summed E-state index contributed by atoms with van der Waals surface area (Å²) in [6.45, 7) is 0.825. The van der Waals surface area contributed by atoms with Gasteiger partial charge in [0.2, 0.25) is 15.9 Å². The summed E-state index contributed by atoms with van der Waals surface area (Å²) >= 11 is 12.1. The zero-order chi connectivity index (χ0) is 18.5. The van der Waals surface area contributed by atoms with Gasteiger partial charge in [0.15, 0.2) is 0 Å². The molecule has 0 unspecified atom stereocenters. The molecular formula is C18H16Cl2N2O3S. The molecule has 2 aromatic carbocycles. The first-order valence-corrected chi connectivity index (χ1v) is 10.4. The van der Waals surface area contributed by atoms with Gasteiger partial charge in [0.1, 0.15) is 4.90 Å². The lowest BCUT2D eigenvalue weighted by Crippen LogP contribution is -2.34. The van der Waals surface area contributed by atoms with E-state index in [2.05, 4.69) is 5.32 Å². The Morgan fingerprint density at radius 3 is 2.54 bits per heavy atom. The average molecular weight is 411 g/mol. The van der Waals surface area contributed by atoms with Gasteiger partial charge in [0.05, 0.1) is 16.0 Å². The van der Waals surface area contributed by atoms with Crippen LogP contribution in [0.15, 0.2) is 47.4 Å². The Kier molecular flexibility index (Phi) is 4.47. The van der Waals surface area contributed by atoms with Crippen molar-refractivity contribution in [2.24, 2.45) is 5.92 Å². The molecule has 0 aromatic heterocycles. The van der Waals surface area contributed by atoms with Crippen LogP contribution in [0.1, 0.15) is 17.0 Å². The average Bonchev–Trinajstić information content (AvgIpc) is 3.03. The van der Waals surface area contributed by atoms with E-state index >= 15 is 0 Å². The lowest BCUT2D eigenvalue weighted by molar-refractivity contribution is -0.124. The van der Waals surface area contributed by atoms with Crippen molar-refractivity contribution >= 4 is 39.1 Å². The van der Waals surface area contributed by atoms with Gasteiger partial charge in [-0.25, -0.2) is 8.42 Å². The summed E-state index contributed by atoms with van der Waals surface area (Å²) in [6.07, 6.45) is 0. The summed E-state index contributed by atoms with van der Waals surface area (Å²) in [7, 11) is -3.85. The van der Waals surface area contributed by atoms with Crippen LogP contribution in [0.3, 0.4) is 0 Å². The minimum absolute atomic E-state index is 0.00566. The maximum absolute atomic E-state index is 13.1. The van der Waals surface area contributed by atoms with Gasteiger partial charge in [0, 0.05) is 25.6 Å². The van der Waals surface area contributed by atoms with Crippen LogP contribution < -0.4 is 5.32 Å². The van der Waals surface area contributed by atoms with Crippen LogP contribution in [0.25, 0.3) is 0 Å². The fourth-order valence-corrected chi connectivity index (χ4v) is 5.97. The summed E-state index contributed by atoms with van der Waals surface area (Å²) in [5, 5.41) is 3.09. The molecule has 26 heavy (non-hydrogen) atoms. The molecule has 1 saturated heterocycles. The molecule has 136 valence electrons. The zero-order valence-electron chi connectivity index (χ0n) is 13.7. The summed E-state index contributed by atoms with van der Waals surface area (Å²) < 4.78 is 27.5.